The Bertz CT molecular complexity index is 882. The van der Waals surface area contributed by atoms with Crippen molar-refractivity contribution in [2.75, 3.05) is 5.32 Å². The van der Waals surface area contributed by atoms with Crippen LogP contribution in [0.3, 0.4) is 0 Å². The number of aromatic amines is 1. The van der Waals surface area contributed by atoms with Crippen molar-refractivity contribution >= 4 is 11.8 Å². The molecule has 4 N–H and O–H groups in total. The van der Waals surface area contributed by atoms with E-state index < -0.39 is 23.3 Å². The lowest BCUT2D eigenvalue weighted by atomic mass is 9.98. The van der Waals surface area contributed by atoms with Crippen LogP contribution in [0.15, 0.2) is 33.9 Å². The van der Waals surface area contributed by atoms with Gasteiger partial charge in [-0.05, 0) is 24.1 Å². The quantitative estimate of drug-likeness (QED) is 0.675. The molecule has 1 aliphatic rings. The molecule has 2 amide bonds. The number of unbranched alkanes of at least 4 members (excludes halogenated alkanes) is 1. The van der Waals surface area contributed by atoms with Crippen molar-refractivity contribution in [2.45, 2.75) is 32.4 Å². The van der Waals surface area contributed by atoms with Crippen LogP contribution in [0.1, 0.15) is 36.9 Å². The number of urea groups is 1. The second-order valence-electron chi connectivity index (χ2n) is 5.65. The Kier molecular flexibility index (Phi) is 4.11. The van der Waals surface area contributed by atoms with E-state index in [2.05, 4.69) is 15.6 Å². The molecule has 0 bridgehead atoms. The summed E-state index contributed by atoms with van der Waals surface area (Å²) in [7, 11) is 0. The lowest BCUT2D eigenvalue weighted by Gasteiger charge is -2.28. The Morgan fingerprint density at radius 3 is 2.54 bits per heavy atom. The van der Waals surface area contributed by atoms with E-state index in [9.17, 15) is 19.5 Å². The molecule has 1 aliphatic heterocycles. The smallest absolute Gasteiger partial charge is 0.329 e. The van der Waals surface area contributed by atoms with Crippen LogP contribution < -0.4 is 21.9 Å². The monoisotopic (exact) mass is 330 g/mol. The van der Waals surface area contributed by atoms with Crippen molar-refractivity contribution in [3.05, 3.63) is 56.2 Å². The number of nitrogens with zero attached hydrogens (tertiary/aromatic N) is 1. The average molecular weight is 330 g/mol. The van der Waals surface area contributed by atoms with Crippen LogP contribution in [0.25, 0.3) is 0 Å². The molecule has 8 nitrogen and oxygen atoms in total. The molecule has 1 unspecified atom stereocenters. The first kappa shape index (κ1) is 15.9. The standard InChI is InChI=1S/C16H18N4O4/c1-2-3-8-20-13-11(14(22)19-16(20)24)12(17-15(23)18-13)9-4-6-10(21)7-5-9/h4-7,12,21H,2-3,8H2,1H3,(H2,17,18,23)(H,19,22,24). The molecule has 0 radical (unpaired) electrons. The molecule has 3 rings (SSSR count). The maximum absolute atomic E-state index is 12.4. The number of nitrogens with one attached hydrogen (secondary N) is 3. The van der Waals surface area contributed by atoms with E-state index in [-0.39, 0.29) is 17.1 Å². The first-order valence-electron chi connectivity index (χ1n) is 7.74. The van der Waals surface area contributed by atoms with Gasteiger partial charge >= 0.3 is 11.7 Å². The predicted molar refractivity (Wildman–Crippen MR) is 88.3 cm³/mol. The molecule has 2 aromatic rings. The van der Waals surface area contributed by atoms with Crippen LogP contribution in [-0.4, -0.2) is 20.7 Å². The largest absolute Gasteiger partial charge is 0.508 e. The molecular weight excluding hydrogens is 312 g/mol. The highest BCUT2D eigenvalue weighted by molar-refractivity contribution is 5.92. The molecule has 1 atom stereocenters. The van der Waals surface area contributed by atoms with Gasteiger partial charge in [0.15, 0.2) is 0 Å². The number of phenols is 1. The minimum Gasteiger partial charge on any atom is -0.508 e. The summed E-state index contributed by atoms with van der Waals surface area (Å²) in [6.45, 7) is 2.39. The van der Waals surface area contributed by atoms with Crippen LogP contribution >= 0.6 is 0 Å². The number of benzene rings is 1. The van der Waals surface area contributed by atoms with Crippen LogP contribution in [-0.2, 0) is 6.54 Å². The van der Waals surface area contributed by atoms with Crippen molar-refractivity contribution in [3.63, 3.8) is 0 Å². The van der Waals surface area contributed by atoms with Crippen molar-refractivity contribution in [1.29, 1.82) is 0 Å². The maximum Gasteiger partial charge on any atom is 0.329 e. The fraction of sp³-hybridized carbons (Fsp3) is 0.312. The van der Waals surface area contributed by atoms with E-state index in [0.29, 0.717) is 12.1 Å². The van der Waals surface area contributed by atoms with Gasteiger partial charge in [0, 0.05) is 6.54 Å². The van der Waals surface area contributed by atoms with Crippen LogP contribution in [0.5, 0.6) is 5.75 Å². The first-order valence-corrected chi connectivity index (χ1v) is 7.74. The van der Waals surface area contributed by atoms with Crippen LogP contribution in [0.2, 0.25) is 0 Å². The van der Waals surface area contributed by atoms with Gasteiger partial charge in [0.25, 0.3) is 5.56 Å². The van der Waals surface area contributed by atoms with E-state index in [1.165, 1.54) is 16.7 Å². The van der Waals surface area contributed by atoms with Crippen LogP contribution in [0, 0.1) is 0 Å². The van der Waals surface area contributed by atoms with Crippen molar-refractivity contribution in [2.24, 2.45) is 0 Å². The van der Waals surface area contributed by atoms with Crippen molar-refractivity contribution in [3.8, 4) is 5.75 Å². The molecule has 0 saturated carbocycles. The second-order valence-corrected chi connectivity index (χ2v) is 5.65. The highest BCUT2D eigenvalue weighted by atomic mass is 16.3. The first-order chi connectivity index (χ1) is 11.5. The lowest BCUT2D eigenvalue weighted by Crippen LogP contribution is -2.46. The number of H-pyrrole nitrogens is 1. The molecule has 0 saturated heterocycles. The number of fused-ring (bicyclic) bond motifs is 1. The molecule has 1 aromatic heterocycles. The normalized spacial score (nSPS) is 16.2. The van der Waals surface area contributed by atoms with Gasteiger partial charge in [-0.1, -0.05) is 25.5 Å². The van der Waals surface area contributed by atoms with Crippen LogP contribution in [0.4, 0.5) is 10.6 Å². The Labute approximate surface area is 137 Å². The number of hydrogen-bond donors (Lipinski definition) is 4. The van der Waals surface area contributed by atoms with Gasteiger partial charge in [-0.15, -0.1) is 0 Å². The molecule has 8 heteroatoms. The predicted octanol–water partition coefficient (Wildman–Crippen LogP) is 1.27. The zero-order valence-corrected chi connectivity index (χ0v) is 13.1. The van der Waals surface area contributed by atoms with Gasteiger partial charge in [0.2, 0.25) is 0 Å². The summed E-state index contributed by atoms with van der Waals surface area (Å²) in [5.41, 5.74) is -0.182. The van der Waals surface area contributed by atoms with Gasteiger partial charge in [-0.25, -0.2) is 9.59 Å². The molecule has 2 heterocycles. The van der Waals surface area contributed by atoms with E-state index in [0.717, 1.165) is 12.8 Å². The number of phenolic OH excluding ortho intramolecular Hbond substituents is 1. The second kappa shape index (κ2) is 6.23. The van der Waals surface area contributed by atoms with E-state index in [1.54, 1.807) is 12.1 Å². The fourth-order valence-corrected chi connectivity index (χ4v) is 2.78. The van der Waals surface area contributed by atoms with Crippen molar-refractivity contribution in [1.82, 2.24) is 14.9 Å². The maximum atomic E-state index is 12.4. The van der Waals surface area contributed by atoms with Gasteiger partial charge in [-0.3, -0.25) is 19.7 Å². The van der Waals surface area contributed by atoms with Gasteiger partial charge in [0.05, 0.1) is 11.6 Å². The summed E-state index contributed by atoms with van der Waals surface area (Å²) in [6.07, 6.45) is 1.61. The molecular formula is C16H18N4O4. The molecule has 0 aliphatic carbocycles. The minimum atomic E-state index is -0.702. The topological polar surface area (TPSA) is 116 Å². The molecule has 126 valence electrons. The Morgan fingerprint density at radius 2 is 1.88 bits per heavy atom. The Hall–Kier alpha value is -3.03. The SMILES string of the molecule is CCCCn1c2c(c(=O)[nH]c1=O)C(c1ccc(O)cc1)NC(=O)N2. The van der Waals surface area contributed by atoms with Gasteiger partial charge in [0.1, 0.15) is 11.6 Å². The summed E-state index contributed by atoms with van der Waals surface area (Å²) >= 11 is 0. The summed E-state index contributed by atoms with van der Waals surface area (Å²) in [5, 5.41) is 14.7. The number of aromatic nitrogens is 2. The zero-order valence-electron chi connectivity index (χ0n) is 13.1. The number of carbonyl (C=O) groups excluding carboxylic acids is 1. The Morgan fingerprint density at radius 1 is 1.17 bits per heavy atom. The van der Waals surface area contributed by atoms with E-state index >= 15 is 0 Å². The number of carbonyl (C=O) groups is 1. The average Bonchev–Trinajstić information content (AvgIpc) is 2.54. The van der Waals surface area contributed by atoms with Gasteiger partial charge in [-0.2, -0.15) is 0 Å². The highest BCUT2D eigenvalue weighted by Gasteiger charge is 2.31. The third-order valence-corrected chi connectivity index (χ3v) is 3.99. The number of aromatic hydroxyl groups is 1. The lowest BCUT2D eigenvalue weighted by molar-refractivity contribution is 0.248. The Balaban J connectivity index is 2.18. The molecule has 0 fully saturated rings. The molecule has 1 aromatic carbocycles. The van der Waals surface area contributed by atoms with E-state index in [1.807, 2.05) is 6.92 Å². The number of rotatable bonds is 4. The molecule has 0 spiro atoms. The minimum absolute atomic E-state index is 0.0843. The number of amides is 2. The summed E-state index contributed by atoms with van der Waals surface area (Å²) in [6, 6.07) is 5.00. The summed E-state index contributed by atoms with van der Waals surface area (Å²) in [5.74, 6) is 0.306. The molecule has 24 heavy (non-hydrogen) atoms. The summed E-state index contributed by atoms with van der Waals surface area (Å²) in [4.78, 5) is 38.8. The van der Waals surface area contributed by atoms with Gasteiger partial charge < -0.3 is 10.4 Å². The zero-order chi connectivity index (χ0) is 17.3. The number of anilines is 1. The fourth-order valence-electron chi connectivity index (χ4n) is 2.78. The highest BCUT2D eigenvalue weighted by Crippen LogP contribution is 2.29. The number of hydrogen-bond acceptors (Lipinski definition) is 4. The summed E-state index contributed by atoms with van der Waals surface area (Å²) < 4.78 is 1.38. The van der Waals surface area contributed by atoms with E-state index in [4.69, 9.17) is 0 Å². The third-order valence-electron chi connectivity index (χ3n) is 3.99. The van der Waals surface area contributed by atoms with Crippen molar-refractivity contribution < 1.29 is 9.90 Å². The third kappa shape index (κ3) is 2.78.